The number of anilines is 8. The van der Waals surface area contributed by atoms with E-state index in [9.17, 15) is 0 Å². The molecule has 6 rings (SSSR count). The van der Waals surface area contributed by atoms with E-state index in [0.717, 1.165) is 67.3 Å². The third-order valence-electron chi connectivity index (χ3n) is 8.25. The van der Waals surface area contributed by atoms with E-state index in [1.165, 1.54) is 0 Å². The number of nitrogens with one attached hydrogen (secondary N) is 4. The molecule has 10 heteroatoms. The summed E-state index contributed by atoms with van der Waals surface area (Å²) < 4.78 is 0. The Kier molecular flexibility index (Phi) is 10.5. The second-order valence-electron chi connectivity index (χ2n) is 12.9. The zero-order valence-corrected chi connectivity index (χ0v) is 30.3. The summed E-state index contributed by atoms with van der Waals surface area (Å²) in [4.78, 5) is 27.6. The Morgan fingerprint density at radius 3 is 1.38 bits per heavy atom. The lowest BCUT2D eigenvalue weighted by molar-refractivity contribution is 0.766. The lowest BCUT2D eigenvalue weighted by Gasteiger charge is -2.22. The Balaban J connectivity index is 1.15. The average molecular weight is 699 g/mol. The van der Waals surface area contributed by atoms with Gasteiger partial charge in [-0.3, -0.25) is 0 Å². The summed E-state index contributed by atoms with van der Waals surface area (Å²) in [5.74, 6) is 3.10. The highest BCUT2D eigenvalue weighted by atomic mass is 15.2. The third kappa shape index (κ3) is 9.05. The molecule has 0 aliphatic carbocycles. The topological polar surface area (TPSA) is 125 Å². The Morgan fingerprint density at radius 2 is 0.943 bits per heavy atom. The maximum atomic E-state index is 4.65. The number of rotatable bonds is 12. The molecule has 0 saturated heterocycles. The van der Waals surface area contributed by atoms with Crippen LogP contribution in [0.3, 0.4) is 0 Å². The summed E-state index contributed by atoms with van der Waals surface area (Å²) >= 11 is 0. The van der Waals surface area contributed by atoms with Crippen molar-refractivity contribution in [1.29, 1.82) is 0 Å². The predicted octanol–water partition coefficient (Wildman–Crippen LogP) is 9.98. The van der Waals surface area contributed by atoms with Crippen LogP contribution in [0.25, 0.3) is 12.2 Å². The smallest absolute Gasteiger partial charge is 0.231 e. The summed E-state index contributed by atoms with van der Waals surface area (Å²) in [6.07, 6.45) is 4.69. The number of benzene rings is 4. The molecule has 6 aromatic rings. The molecule has 0 spiro atoms. The van der Waals surface area contributed by atoms with Gasteiger partial charge in [-0.05, 0) is 11.4 Å². The van der Waals surface area contributed by atoms with Crippen molar-refractivity contribution in [1.82, 2.24) is 29.9 Å². The van der Waals surface area contributed by atoms with Gasteiger partial charge in [0.1, 0.15) is 11.6 Å². The van der Waals surface area contributed by atoms with Crippen LogP contribution in [-0.2, 0) is 6.42 Å². The molecule has 0 bridgehead atoms. The molecule has 270 valence electrons. The second kappa shape index (κ2) is 15.5. The highest BCUT2D eigenvalue weighted by Crippen LogP contribution is 2.26. The molecule has 2 aromatic heterocycles. The fraction of sp³-hybridized carbons (Fsp3) is 0.116. The molecule has 2 heterocycles. The molecule has 0 amide bonds. The van der Waals surface area contributed by atoms with Crippen LogP contribution in [-0.4, -0.2) is 29.9 Å². The third-order valence-corrected chi connectivity index (χ3v) is 8.25. The van der Waals surface area contributed by atoms with Crippen LogP contribution < -0.4 is 21.3 Å². The van der Waals surface area contributed by atoms with Crippen molar-refractivity contribution >= 4 is 58.7 Å². The Morgan fingerprint density at radius 1 is 0.509 bits per heavy atom. The minimum Gasteiger partial charge on any atom is -0.388 e. The average Bonchev–Trinajstić information content (AvgIpc) is 3.11. The van der Waals surface area contributed by atoms with Crippen molar-refractivity contribution in [2.24, 2.45) is 0 Å². The highest BCUT2D eigenvalue weighted by molar-refractivity contribution is 5.76. The van der Waals surface area contributed by atoms with Gasteiger partial charge in [0.15, 0.2) is 0 Å². The van der Waals surface area contributed by atoms with Gasteiger partial charge in [-0.1, -0.05) is 32.9 Å². The van der Waals surface area contributed by atoms with E-state index in [-0.39, 0.29) is 5.92 Å². The molecule has 0 saturated carbocycles. The number of aromatic nitrogens is 6. The van der Waals surface area contributed by atoms with E-state index in [4.69, 9.17) is 0 Å². The Labute approximate surface area is 312 Å². The van der Waals surface area contributed by atoms with Crippen molar-refractivity contribution in [2.75, 3.05) is 21.3 Å². The first kappa shape index (κ1) is 35.9. The first-order valence-electron chi connectivity index (χ1n) is 17.2. The van der Waals surface area contributed by atoms with Crippen molar-refractivity contribution in [2.45, 2.75) is 33.1 Å². The van der Waals surface area contributed by atoms with Crippen LogP contribution in [0.1, 0.15) is 82.8 Å². The standard InChI is InChI=1S/C43H42N10/c1-10-38-48-40(52-42(49-38)46-36-21-26(4)11-13-28(36)6)44-34-19-17-32(30(8)23-34)15-16-33-18-20-35(24-31(33)9)45-41-50-39(25(2)3)51-43(53-41)47-37-22-27(5)12-14-29(37)7/h11-25H,4-10H2,1-3H3,(H2,44,46,48,49,52)(H2,45,47,50,51,53)/q-6/b16-15+. The quantitative estimate of drug-likeness (QED) is 0.0725. The van der Waals surface area contributed by atoms with E-state index < -0.39 is 0 Å². The summed E-state index contributed by atoms with van der Waals surface area (Å²) in [5.41, 5.74) is 10.1. The molecule has 0 atom stereocenters. The molecule has 10 nitrogen and oxygen atoms in total. The molecule has 0 unspecified atom stereocenters. The van der Waals surface area contributed by atoms with Gasteiger partial charge in [0, 0.05) is 12.3 Å². The lowest BCUT2D eigenvalue weighted by atomic mass is 10.0. The van der Waals surface area contributed by atoms with Crippen molar-refractivity contribution in [3.8, 4) is 0 Å². The van der Waals surface area contributed by atoms with Crippen molar-refractivity contribution in [3.05, 3.63) is 170 Å². The van der Waals surface area contributed by atoms with E-state index in [1.807, 2.05) is 106 Å². The van der Waals surface area contributed by atoms with Crippen LogP contribution in [0.15, 0.2) is 72.8 Å². The summed E-state index contributed by atoms with van der Waals surface area (Å²) in [6.45, 7) is 30.8. The largest absolute Gasteiger partial charge is 0.388 e. The maximum Gasteiger partial charge on any atom is 0.231 e. The minimum atomic E-state index is 0.0917. The fourth-order valence-electron chi connectivity index (χ4n) is 5.30. The summed E-state index contributed by atoms with van der Waals surface area (Å²) in [5, 5.41) is 13.2. The van der Waals surface area contributed by atoms with E-state index in [1.54, 1.807) is 0 Å². The molecule has 0 fully saturated rings. The first-order valence-corrected chi connectivity index (χ1v) is 17.2. The van der Waals surface area contributed by atoms with Crippen molar-refractivity contribution < 1.29 is 0 Å². The lowest BCUT2D eigenvalue weighted by Crippen LogP contribution is -2.09. The first-order chi connectivity index (χ1) is 25.4. The number of hydrogen-bond donors (Lipinski definition) is 4. The molecule has 0 aliphatic rings. The molecule has 0 radical (unpaired) electrons. The monoisotopic (exact) mass is 698 g/mol. The van der Waals surface area contributed by atoms with Crippen LogP contribution in [0.4, 0.5) is 46.5 Å². The van der Waals surface area contributed by atoms with Gasteiger partial charge >= 0.3 is 0 Å². The zero-order chi connectivity index (χ0) is 37.6. The van der Waals surface area contributed by atoms with Crippen LogP contribution in [0.2, 0.25) is 0 Å². The van der Waals surface area contributed by atoms with Gasteiger partial charge in [0.05, 0.1) is 0 Å². The van der Waals surface area contributed by atoms with Gasteiger partial charge in [-0.2, -0.15) is 92.0 Å². The minimum absolute atomic E-state index is 0.0917. The normalized spacial score (nSPS) is 11.2. The van der Waals surface area contributed by atoms with E-state index in [2.05, 4.69) is 92.7 Å². The predicted molar refractivity (Wildman–Crippen MR) is 218 cm³/mol. The SMILES string of the molecule is [CH2-]c1ccc([CH2-])c(Nc2nc(CC)nc(Nc3ccc(/C=C/c4ccc(Nc5nc(Nc6cc([CH2-])ccc6[CH2-])nc(C(C)C)n5)cc4[CH2-])c([CH2-])c3)n2)c1. The van der Waals surface area contributed by atoms with Gasteiger partial charge in [-0.15, -0.1) is 58.9 Å². The zero-order valence-electron chi connectivity index (χ0n) is 30.3. The number of hydrogen-bond acceptors (Lipinski definition) is 10. The van der Waals surface area contributed by atoms with E-state index in [0.29, 0.717) is 41.9 Å². The van der Waals surface area contributed by atoms with E-state index >= 15 is 0 Å². The number of nitrogens with zero attached hydrogens (tertiary/aromatic N) is 6. The molecular weight excluding hydrogens is 657 g/mol. The van der Waals surface area contributed by atoms with Crippen LogP contribution >= 0.6 is 0 Å². The molecule has 4 N–H and O–H groups in total. The molecule has 0 aliphatic heterocycles. The second-order valence-corrected chi connectivity index (χ2v) is 12.9. The highest BCUT2D eigenvalue weighted by Gasteiger charge is 2.10. The van der Waals surface area contributed by atoms with Gasteiger partial charge in [0.25, 0.3) is 0 Å². The van der Waals surface area contributed by atoms with Gasteiger partial charge in [-0.25, -0.2) is 49.2 Å². The summed E-state index contributed by atoms with van der Waals surface area (Å²) in [7, 11) is 0. The fourth-order valence-corrected chi connectivity index (χ4v) is 5.30. The van der Waals surface area contributed by atoms with Gasteiger partial charge in [0.2, 0.25) is 23.8 Å². The summed E-state index contributed by atoms with van der Waals surface area (Å²) in [6, 6.07) is 23.3. The molecule has 53 heavy (non-hydrogen) atoms. The molecular formula is C43H42N10-6. The number of aryl methyl sites for hydroxylation is 1. The Bertz CT molecular complexity index is 2290. The Hall–Kier alpha value is -6.94. The van der Waals surface area contributed by atoms with Crippen LogP contribution in [0, 0.1) is 41.5 Å². The van der Waals surface area contributed by atoms with Crippen LogP contribution in [0.5, 0.6) is 0 Å². The van der Waals surface area contributed by atoms with Crippen molar-refractivity contribution in [3.63, 3.8) is 0 Å². The van der Waals surface area contributed by atoms with Gasteiger partial charge < -0.3 is 21.3 Å². The maximum absolute atomic E-state index is 4.65. The molecule has 4 aromatic carbocycles.